The van der Waals surface area contributed by atoms with E-state index in [-0.39, 0.29) is 12.3 Å². The zero-order chi connectivity index (χ0) is 13.9. The lowest BCUT2D eigenvalue weighted by molar-refractivity contribution is -0.146. The Bertz CT molecular complexity index is 466. The van der Waals surface area contributed by atoms with Gasteiger partial charge in [-0.3, -0.25) is 9.59 Å². The van der Waals surface area contributed by atoms with Crippen LogP contribution >= 0.6 is 0 Å². The lowest BCUT2D eigenvalue weighted by Gasteiger charge is -2.25. The Balaban J connectivity index is 2.06. The first-order chi connectivity index (χ1) is 9.07. The van der Waals surface area contributed by atoms with Gasteiger partial charge in [-0.05, 0) is 25.3 Å². The highest BCUT2D eigenvalue weighted by molar-refractivity contribution is 5.89. The van der Waals surface area contributed by atoms with Crippen molar-refractivity contribution in [1.82, 2.24) is 4.90 Å². The number of amides is 1. The van der Waals surface area contributed by atoms with Gasteiger partial charge in [-0.25, -0.2) is 0 Å². The maximum absolute atomic E-state index is 12.5. The molecule has 102 valence electrons. The molecule has 1 aromatic carbocycles. The summed E-state index contributed by atoms with van der Waals surface area (Å²) in [6, 6.07) is 9.78. The minimum absolute atomic E-state index is 0.0127. The molecule has 19 heavy (non-hydrogen) atoms. The van der Waals surface area contributed by atoms with Gasteiger partial charge in [-0.2, -0.15) is 0 Å². The fourth-order valence-corrected chi connectivity index (χ4v) is 2.37. The van der Waals surface area contributed by atoms with Gasteiger partial charge in [0.1, 0.15) is 0 Å². The molecule has 0 spiro atoms. The second kappa shape index (κ2) is 5.43. The molecule has 1 aliphatic carbocycles. The first kappa shape index (κ1) is 13.6. The van der Waals surface area contributed by atoms with Crippen LogP contribution in [0.1, 0.15) is 31.7 Å². The van der Waals surface area contributed by atoms with Crippen LogP contribution in [0.3, 0.4) is 0 Å². The fraction of sp³-hybridized carbons (Fsp3) is 0.467. The molecule has 0 unspecified atom stereocenters. The molecule has 4 nitrogen and oxygen atoms in total. The van der Waals surface area contributed by atoms with Crippen molar-refractivity contribution in [2.45, 2.75) is 32.7 Å². The van der Waals surface area contributed by atoms with Crippen LogP contribution in [0.5, 0.6) is 0 Å². The van der Waals surface area contributed by atoms with Crippen LogP contribution in [0.4, 0.5) is 0 Å². The summed E-state index contributed by atoms with van der Waals surface area (Å²) in [4.78, 5) is 25.1. The number of rotatable bonds is 6. The smallest absolute Gasteiger partial charge is 0.304 e. The number of nitrogens with zero attached hydrogens (tertiary/aromatic N) is 1. The Morgan fingerprint density at radius 1 is 1.26 bits per heavy atom. The minimum atomic E-state index is -0.887. The summed E-state index contributed by atoms with van der Waals surface area (Å²) < 4.78 is 0. The van der Waals surface area contributed by atoms with Crippen molar-refractivity contribution in [3.05, 3.63) is 35.9 Å². The monoisotopic (exact) mass is 261 g/mol. The fourth-order valence-electron chi connectivity index (χ4n) is 2.37. The number of hydrogen-bond acceptors (Lipinski definition) is 2. The first-order valence-corrected chi connectivity index (χ1v) is 6.62. The third-order valence-electron chi connectivity index (χ3n) is 3.68. The summed E-state index contributed by atoms with van der Waals surface area (Å²) in [6.07, 6.45) is 1.35. The van der Waals surface area contributed by atoms with Gasteiger partial charge < -0.3 is 10.0 Å². The molecular weight excluding hydrogens is 242 g/mol. The van der Waals surface area contributed by atoms with Crippen molar-refractivity contribution in [3.8, 4) is 0 Å². The van der Waals surface area contributed by atoms with E-state index < -0.39 is 11.4 Å². The zero-order valence-corrected chi connectivity index (χ0v) is 11.1. The highest BCUT2D eigenvalue weighted by Crippen LogP contribution is 2.50. The van der Waals surface area contributed by atoms with E-state index in [4.69, 9.17) is 5.11 Å². The molecule has 0 aliphatic heterocycles. The van der Waals surface area contributed by atoms with Crippen molar-refractivity contribution in [2.75, 3.05) is 6.54 Å². The second-order valence-electron chi connectivity index (χ2n) is 5.16. The van der Waals surface area contributed by atoms with Gasteiger partial charge in [-0.1, -0.05) is 30.3 Å². The SMILES string of the molecule is CCN(Cc1ccccc1)C(=O)C1(CC(=O)O)CC1. The maximum Gasteiger partial charge on any atom is 0.304 e. The van der Waals surface area contributed by atoms with E-state index in [0.29, 0.717) is 25.9 Å². The van der Waals surface area contributed by atoms with Crippen LogP contribution < -0.4 is 0 Å². The third-order valence-corrected chi connectivity index (χ3v) is 3.68. The standard InChI is InChI=1S/C15H19NO3/c1-2-16(11-12-6-4-3-5-7-12)14(19)15(8-9-15)10-13(17)18/h3-7H,2,8-11H2,1H3,(H,17,18). The molecule has 1 amide bonds. The lowest BCUT2D eigenvalue weighted by atomic mass is 10.00. The van der Waals surface area contributed by atoms with Gasteiger partial charge in [0.25, 0.3) is 0 Å². The highest BCUT2D eigenvalue weighted by atomic mass is 16.4. The van der Waals surface area contributed by atoms with E-state index in [1.54, 1.807) is 4.90 Å². The molecule has 1 aliphatic rings. The third kappa shape index (κ3) is 3.13. The number of carbonyl (C=O) groups excluding carboxylic acids is 1. The summed E-state index contributed by atoms with van der Waals surface area (Å²) in [5.41, 5.74) is 0.445. The number of hydrogen-bond donors (Lipinski definition) is 1. The molecule has 1 N–H and O–H groups in total. The molecule has 0 atom stereocenters. The van der Waals surface area contributed by atoms with Crippen LogP contribution in [0.15, 0.2) is 30.3 Å². The Morgan fingerprint density at radius 2 is 1.89 bits per heavy atom. The van der Waals surface area contributed by atoms with Gasteiger partial charge in [0.15, 0.2) is 0 Å². The van der Waals surface area contributed by atoms with Crippen molar-refractivity contribution >= 4 is 11.9 Å². The Hall–Kier alpha value is -1.84. The molecule has 0 heterocycles. The van der Waals surface area contributed by atoms with Crippen molar-refractivity contribution < 1.29 is 14.7 Å². The van der Waals surface area contributed by atoms with Gasteiger partial charge in [0.2, 0.25) is 5.91 Å². The van der Waals surface area contributed by atoms with Crippen LogP contribution in [-0.2, 0) is 16.1 Å². The maximum atomic E-state index is 12.5. The average molecular weight is 261 g/mol. The number of aliphatic carboxylic acids is 1. The van der Waals surface area contributed by atoms with E-state index >= 15 is 0 Å². The van der Waals surface area contributed by atoms with Gasteiger partial charge in [-0.15, -0.1) is 0 Å². The van der Waals surface area contributed by atoms with E-state index in [2.05, 4.69) is 0 Å². The topological polar surface area (TPSA) is 57.6 Å². The molecular formula is C15H19NO3. The molecule has 0 saturated heterocycles. The summed E-state index contributed by atoms with van der Waals surface area (Å²) in [7, 11) is 0. The molecule has 0 bridgehead atoms. The molecule has 4 heteroatoms. The van der Waals surface area contributed by atoms with Crippen LogP contribution in [0.25, 0.3) is 0 Å². The first-order valence-electron chi connectivity index (χ1n) is 6.62. The molecule has 0 aromatic heterocycles. The van der Waals surface area contributed by atoms with Gasteiger partial charge >= 0.3 is 5.97 Å². The number of benzene rings is 1. The Kier molecular flexibility index (Phi) is 3.88. The van der Waals surface area contributed by atoms with Crippen molar-refractivity contribution in [2.24, 2.45) is 5.41 Å². The largest absolute Gasteiger partial charge is 0.481 e. The summed E-state index contributed by atoms with van der Waals surface area (Å²) in [6.45, 7) is 3.09. The summed E-state index contributed by atoms with van der Waals surface area (Å²) in [5.74, 6) is -0.900. The minimum Gasteiger partial charge on any atom is -0.481 e. The van der Waals surface area contributed by atoms with E-state index in [1.165, 1.54) is 0 Å². The predicted molar refractivity (Wildman–Crippen MR) is 71.5 cm³/mol. The predicted octanol–water partition coefficient (Wildman–Crippen LogP) is 2.29. The molecule has 0 radical (unpaired) electrons. The highest BCUT2D eigenvalue weighted by Gasteiger charge is 2.52. The molecule has 1 saturated carbocycles. The van der Waals surface area contributed by atoms with Crippen LogP contribution in [-0.4, -0.2) is 28.4 Å². The van der Waals surface area contributed by atoms with Crippen molar-refractivity contribution in [1.29, 1.82) is 0 Å². The van der Waals surface area contributed by atoms with E-state index in [9.17, 15) is 9.59 Å². The number of carboxylic acid groups (broad SMARTS) is 1. The molecule has 1 aromatic rings. The van der Waals surface area contributed by atoms with E-state index in [0.717, 1.165) is 5.56 Å². The summed E-state index contributed by atoms with van der Waals surface area (Å²) >= 11 is 0. The number of carboxylic acids is 1. The zero-order valence-electron chi connectivity index (χ0n) is 11.1. The molecule has 1 fully saturated rings. The average Bonchev–Trinajstić information content (AvgIpc) is 3.16. The van der Waals surface area contributed by atoms with Gasteiger partial charge in [0, 0.05) is 13.1 Å². The van der Waals surface area contributed by atoms with Crippen LogP contribution in [0, 0.1) is 5.41 Å². The Morgan fingerprint density at radius 3 is 2.37 bits per heavy atom. The van der Waals surface area contributed by atoms with E-state index in [1.807, 2.05) is 37.3 Å². The van der Waals surface area contributed by atoms with Crippen LogP contribution in [0.2, 0.25) is 0 Å². The normalized spacial score (nSPS) is 15.8. The number of carbonyl (C=O) groups is 2. The van der Waals surface area contributed by atoms with Gasteiger partial charge in [0.05, 0.1) is 11.8 Å². The molecule has 2 rings (SSSR count). The quantitative estimate of drug-likeness (QED) is 0.854. The Labute approximate surface area is 113 Å². The second-order valence-corrected chi connectivity index (χ2v) is 5.16. The van der Waals surface area contributed by atoms with Crippen molar-refractivity contribution in [3.63, 3.8) is 0 Å². The summed E-state index contributed by atoms with van der Waals surface area (Å²) in [5, 5.41) is 8.91. The lowest BCUT2D eigenvalue weighted by Crippen LogP contribution is -2.37.